The first-order chi connectivity index (χ1) is 21.1. The van der Waals surface area contributed by atoms with E-state index in [9.17, 15) is 46.7 Å². The van der Waals surface area contributed by atoms with Crippen molar-refractivity contribution in [2.75, 3.05) is 36.2 Å². The summed E-state index contributed by atoms with van der Waals surface area (Å²) in [5.41, 5.74) is 6.27. The molecule has 2 rings (SSSR count). The summed E-state index contributed by atoms with van der Waals surface area (Å²) in [4.78, 5) is 41.8. The molecule has 0 spiro atoms. The van der Waals surface area contributed by atoms with E-state index in [1.165, 1.54) is 32.4 Å². The fourth-order valence-corrected chi connectivity index (χ4v) is 5.77. The van der Waals surface area contributed by atoms with Crippen LogP contribution in [0.5, 0.6) is 11.5 Å². The fourth-order valence-electron chi connectivity index (χ4n) is 3.51. The molecule has 2 aromatic rings. The van der Waals surface area contributed by atoms with Crippen LogP contribution in [0.4, 0.5) is 22.7 Å². The number of sulfonamides is 1. The SMILES string of the molecule is COc1c(N)cc(C(C)(C)C)cc1[N+](=O)[O-].COc1c(NS(=O)(=O)CC(C)=O)cc(C(C)(C)C)cc1[N+](=O)[O-].O=C(Cl)CS(=O)(=O)Cl. The number of anilines is 2. The summed E-state index contributed by atoms with van der Waals surface area (Å²) in [6.07, 6.45) is 0. The number of halogens is 2. The zero-order chi connectivity index (χ0) is 37.3. The van der Waals surface area contributed by atoms with Crippen molar-refractivity contribution < 1.29 is 45.7 Å². The monoisotopic (exact) mass is 744 g/mol. The van der Waals surface area contributed by atoms with Gasteiger partial charge in [-0.1, -0.05) is 41.5 Å². The Kier molecular flexibility index (Phi) is 15.5. The van der Waals surface area contributed by atoms with Gasteiger partial charge in [0.1, 0.15) is 17.3 Å². The first kappa shape index (κ1) is 43.3. The Bertz CT molecular complexity index is 1720. The van der Waals surface area contributed by atoms with E-state index in [1.807, 2.05) is 41.5 Å². The number of carbonyl (C=O) groups is 2. The third-order valence-corrected chi connectivity index (χ3v) is 8.19. The Morgan fingerprint density at radius 3 is 1.53 bits per heavy atom. The highest BCUT2D eigenvalue weighted by Gasteiger charge is 2.28. The quantitative estimate of drug-likeness (QED) is 0.140. The number of methoxy groups -OCH3 is 2. The first-order valence-corrected chi connectivity index (χ1v) is 17.7. The number of hydrogen-bond donors (Lipinski definition) is 2. The van der Waals surface area contributed by atoms with Gasteiger partial charge in [0.15, 0.2) is 0 Å². The van der Waals surface area contributed by atoms with Gasteiger partial charge in [-0.2, -0.15) is 0 Å². The summed E-state index contributed by atoms with van der Waals surface area (Å²) >= 11 is 4.66. The van der Waals surface area contributed by atoms with Crippen LogP contribution < -0.4 is 19.9 Å². The normalized spacial score (nSPS) is 11.6. The van der Waals surface area contributed by atoms with E-state index in [2.05, 4.69) is 27.0 Å². The number of ether oxygens (including phenoxy) is 2. The van der Waals surface area contributed by atoms with E-state index in [1.54, 1.807) is 6.07 Å². The average Bonchev–Trinajstić information content (AvgIpc) is 2.84. The summed E-state index contributed by atoms with van der Waals surface area (Å²) in [5.74, 6) is -2.15. The zero-order valence-electron chi connectivity index (χ0n) is 27.2. The Morgan fingerprint density at radius 1 is 0.830 bits per heavy atom. The molecule has 47 heavy (non-hydrogen) atoms. The lowest BCUT2D eigenvalue weighted by Gasteiger charge is -2.21. The van der Waals surface area contributed by atoms with Gasteiger partial charge < -0.3 is 15.2 Å². The Balaban J connectivity index is 0.000000761. The number of ketones is 1. The van der Waals surface area contributed by atoms with Crippen LogP contribution in [0.15, 0.2) is 24.3 Å². The van der Waals surface area contributed by atoms with Crippen LogP contribution in [0, 0.1) is 20.2 Å². The summed E-state index contributed by atoms with van der Waals surface area (Å²) in [5, 5.41) is 21.2. The standard InChI is InChI=1S/C14H20N2O6S.C11H16N2O3.C2H2Cl2O3S/c1-9(17)8-23(20,21)15-11-6-10(14(2,3)4)7-12(16(18)19)13(11)22-5;1-11(2,3)7-5-8(12)10(16-4)9(6-7)13(14)15;3-2(5)1-8(4,6)7/h6-7,15H,8H2,1-5H3;5-6H,12H2,1-4H3;1H2. The van der Waals surface area contributed by atoms with Gasteiger partial charge in [-0.25, -0.2) is 16.8 Å². The summed E-state index contributed by atoms with van der Waals surface area (Å²) in [6.45, 7) is 12.6. The minimum absolute atomic E-state index is 0.0622. The smallest absolute Gasteiger partial charge is 0.313 e. The second-order valence-electron chi connectivity index (χ2n) is 11.8. The molecule has 20 heteroatoms. The zero-order valence-corrected chi connectivity index (χ0v) is 30.3. The van der Waals surface area contributed by atoms with Gasteiger partial charge >= 0.3 is 11.4 Å². The molecular weight excluding hydrogens is 707 g/mol. The molecule has 0 aliphatic carbocycles. The molecule has 0 unspecified atom stereocenters. The van der Waals surface area contributed by atoms with Gasteiger partial charge in [0.2, 0.25) is 35.8 Å². The Hall–Kier alpha value is -3.74. The molecule has 2 aromatic carbocycles. The molecule has 0 fully saturated rings. The highest BCUT2D eigenvalue weighted by molar-refractivity contribution is 8.14. The van der Waals surface area contributed by atoms with Crippen molar-refractivity contribution in [3.8, 4) is 11.5 Å². The lowest BCUT2D eigenvalue weighted by Crippen LogP contribution is -2.22. The van der Waals surface area contributed by atoms with Gasteiger partial charge in [0, 0.05) is 22.8 Å². The average molecular weight is 746 g/mol. The number of nitro groups is 2. The minimum Gasteiger partial charge on any atom is -0.489 e. The summed E-state index contributed by atoms with van der Waals surface area (Å²) in [6, 6.07) is 6.05. The molecule has 0 atom stereocenters. The van der Waals surface area contributed by atoms with E-state index >= 15 is 0 Å². The van der Waals surface area contributed by atoms with Crippen LogP contribution in [0.1, 0.15) is 59.6 Å². The van der Waals surface area contributed by atoms with Gasteiger partial charge in [-0.15, -0.1) is 0 Å². The lowest BCUT2D eigenvalue weighted by molar-refractivity contribution is -0.385. The predicted molar refractivity (Wildman–Crippen MR) is 180 cm³/mol. The van der Waals surface area contributed by atoms with Gasteiger partial charge in [-0.3, -0.25) is 34.5 Å². The molecule has 0 saturated heterocycles. The highest BCUT2D eigenvalue weighted by atomic mass is 35.7. The maximum absolute atomic E-state index is 12.0. The predicted octanol–water partition coefficient (Wildman–Crippen LogP) is 5.04. The van der Waals surface area contributed by atoms with Crippen LogP contribution >= 0.6 is 22.3 Å². The Morgan fingerprint density at radius 2 is 1.23 bits per heavy atom. The number of nitrogens with zero attached hydrogens (tertiary/aromatic N) is 2. The topological polar surface area (TPSA) is 245 Å². The second kappa shape index (κ2) is 16.9. The number of rotatable bonds is 10. The molecule has 16 nitrogen and oxygen atoms in total. The Labute approximate surface area is 282 Å². The molecule has 3 N–H and O–H groups in total. The lowest BCUT2D eigenvalue weighted by atomic mass is 9.86. The third kappa shape index (κ3) is 15.1. The number of hydrogen-bond acceptors (Lipinski definition) is 13. The number of Topliss-reactive ketones (excluding diaryl/α,β-unsaturated/α-hetero) is 1. The molecule has 0 heterocycles. The summed E-state index contributed by atoms with van der Waals surface area (Å²) < 4.78 is 55.9. The van der Waals surface area contributed by atoms with Gasteiger partial charge in [-0.05, 0) is 52.6 Å². The van der Waals surface area contributed by atoms with Crippen LogP contribution in [-0.2, 0) is 39.5 Å². The van der Waals surface area contributed by atoms with Crippen LogP contribution in [-0.4, -0.2) is 63.4 Å². The molecule has 0 bridgehead atoms. The molecule has 0 radical (unpaired) electrons. The molecule has 0 aliphatic heterocycles. The third-order valence-electron chi connectivity index (χ3n) is 5.65. The van der Waals surface area contributed by atoms with Crippen molar-refractivity contribution in [3.05, 3.63) is 55.6 Å². The summed E-state index contributed by atoms with van der Waals surface area (Å²) in [7, 11) is -0.530. The molecule has 264 valence electrons. The van der Waals surface area contributed by atoms with E-state index in [-0.39, 0.29) is 34.0 Å². The van der Waals surface area contributed by atoms with Crippen molar-refractivity contribution in [3.63, 3.8) is 0 Å². The number of nitrogens with one attached hydrogen (secondary N) is 1. The van der Waals surface area contributed by atoms with Crippen molar-refractivity contribution in [1.29, 1.82) is 0 Å². The molecule has 0 aliphatic rings. The number of nitrogens with two attached hydrogens (primary N) is 1. The van der Waals surface area contributed by atoms with Crippen LogP contribution in [0.25, 0.3) is 0 Å². The fraction of sp³-hybridized carbons (Fsp3) is 0.481. The van der Waals surface area contributed by atoms with Crippen molar-refractivity contribution >= 4 is 75.1 Å². The largest absolute Gasteiger partial charge is 0.489 e. The number of carbonyl (C=O) groups excluding carboxylic acids is 2. The number of nitrogen functional groups attached to an aromatic ring is 1. The maximum atomic E-state index is 12.0. The second-order valence-corrected chi connectivity index (χ2v) is 16.7. The first-order valence-electron chi connectivity index (χ1n) is 13.2. The van der Waals surface area contributed by atoms with Crippen LogP contribution in [0.2, 0.25) is 0 Å². The van der Waals surface area contributed by atoms with Crippen molar-refractivity contribution in [2.24, 2.45) is 0 Å². The number of nitro benzene ring substituents is 2. The van der Waals surface area contributed by atoms with E-state index in [0.29, 0.717) is 11.3 Å². The van der Waals surface area contributed by atoms with Crippen LogP contribution in [0.3, 0.4) is 0 Å². The van der Waals surface area contributed by atoms with E-state index < -0.39 is 56.9 Å². The van der Waals surface area contributed by atoms with E-state index in [0.717, 1.165) is 12.5 Å². The van der Waals surface area contributed by atoms with Crippen molar-refractivity contribution in [1.82, 2.24) is 0 Å². The maximum Gasteiger partial charge on any atom is 0.313 e. The minimum atomic E-state index is -3.97. The molecular formula is C27H38Cl2N4O12S2. The van der Waals surface area contributed by atoms with Crippen molar-refractivity contribution in [2.45, 2.75) is 59.3 Å². The number of benzene rings is 2. The van der Waals surface area contributed by atoms with Gasteiger partial charge in [0.05, 0.1) is 35.4 Å². The highest BCUT2D eigenvalue weighted by Crippen LogP contribution is 2.40. The van der Waals surface area contributed by atoms with E-state index in [4.69, 9.17) is 15.2 Å². The molecule has 0 aromatic heterocycles. The molecule has 0 amide bonds. The molecule has 0 saturated carbocycles. The van der Waals surface area contributed by atoms with Gasteiger partial charge in [0.25, 0.3) is 0 Å².